The number of nitrogens with zero attached hydrogens (tertiary/aromatic N) is 1. The van der Waals surface area contributed by atoms with Gasteiger partial charge in [-0.1, -0.05) is 18.7 Å². The molecule has 19 heavy (non-hydrogen) atoms. The molecule has 0 heterocycles. The fourth-order valence-corrected chi connectivity index (χ4v) is 1.46. The Bertz CT molecular complexity index is 490. The molecule has 0 saturated heterocycles. The van der Waals surface area contributed by atoms with E-state index >= 15 is 0 Å². The first-order chi connectivity index (χ1) is 8.93. The van der Waals surface area contributed by atoms with Crippen LogP contribution in [0.4, 0.5) is 4.79 Å². The van der Waals surface area contributed by atoms with Gasteiger partial charge in [-0.3, -0.25) is 5.32 Å². The number of benzene rings is 1. The largest absolute Gasteiger partial charge is 0.497 e. The van der Waals surface area contributed by atoms with E-state index in [2.05, 4.69) is 11.9 Å². The molecular weight excluding hydrogens is 242 g/mol. The summed E-state index contributed by atoms with van der Waals surface area (Å²) in [6, 6.07) is 6.89. The lowest BCUT2D eigenvalue weighted by Crippen LogP contribution is -2.34. The van der Waals surface area contributed by atoms with Gasteiger partial charge in [0.25, 0.3) is 0 Å². The van der Waals surface area contributed by atoms with Crippen LogP contribution in [0.15, 0.2) is 42.7 Å². The molecule has 0 fully saturated rings. The molecule has 0 aliphatic rings. The van der Waals surface area contributed by atoms with Crippen LogP contribution >= 0.6 is 0 Å². The second-order valence-corrected chi connectivity index (χ2v) is 4.17. The summed E-state index contributed by atoms with van der Waals surface area (Å²) < 4.78 is 5.09. The Balaban J connectivity index is 2.93. The first-order valence-electron chi connectivity index (χ1n) is 5.73. The molecule has 3 N–H and O–H groups in total. The third-order valence-corrected chi connectivity index (χ3v) is 2.50. The van der Waals surface area contributed by atoms with Crippen LogP contribution in [0.25, 0.3) is 5.57 Å². The second kappa shape index (κ2) is 6.49. The first kappa shape index (κ1) is 14.6. The Morgan fingerprint density at radius 1 is 1.37 bits per heavy atom. The van der Waals surface area contributed by atoms with Crippen molar-refractivity contribution in [3.8, 4) is 5.75 Å². The summed E-state index contributed by atoms with van der Waals surface area (Å²) in [5.74, 6) is 1.36. The number of urea groups is 1. The van der Waals surface area contributed by atoms with Gasteiger partial charge >= 0.3 is 6.03 Å². The van der Waals surface area contributed by atoms with Crippen molar-refractivity contribution >= 4 is 11.6 Å². The highest BCUT2D eigenvalue weighted by Gasteiger charge is 2.04. The van der Waals surface area contributed by atoms with Crippen molar-refractivity contribution < 1.29 is 9.53 Å². The number of hydrogen-bond acceptors (Lipinski definition) is 3. The maximum absolute atomic E-state index is 10.9. The number of ether oxygens (including phenoxy) is 1. The molecule has 5 nitrogen and oxygen atoms in total. The maximum Gasteiger partial charge on any atom is 0.317 e. The molecule has 1 rings (SSSR count). The van der Waals surface area contributed by atoms with E-state index in [0.29, 0.717) is 5.82 Å². The van der Waals surface area contributed by atoms with Gasteiger partial charge in [0.2, 0.25) is 0 Å². The maximum atomic E-state index is 10.9. The molecule has 0 spiro atoms. The Morgan fingerprint density at radius 2 is 1.95 bits per heavy atom. The van der Waals surface area contributed by atoms with Crippen LogP contribution in [-0.2, 0) is 0 Å². The van der Waals surface area contributed by atoms with Crippen molar-refractivity contribution in [2.45, 2.75) is 0 Å². The first-order valence-corrected chi connectivity index (χ1v) is 5.73. The summed E-state index contributed by atoms with van der Waals surface area (Å²) in [5, 5.41) is 2.54. The van der Waals surface area contributed by atoms with Gasteiger partial charge in [0, 0.05) is 14.1 Å². The SMILES string of the molecule is C=C(/C=C(/NC(N)=O)N(C)C)c1ccc(OC)cc1. The highest BCUT2D eigenvalue weighted by atomic mass is 16.5. The molecule has 0 aliphatic heterocycles. The summed E-state index contributed by atoms with van der Waals surface area (Å²) in [4.78, 5) is 12.7. The van der Waals surface area contributed by atoms with Crippen molar-refractivity contribution in [2.75, 3.05) is 21.2 Å². The van der Waals surface area contributed by atoms with Crippen LogP contribution < -0.4 is 15.8 Å². The number of rotatable bonds is 5. The lowest BCUT2D eigenvalue weighted by molar-refractivity contribution is 0.248. The van der Waals surface area contributed by atoms with Crippen LogP contribution in [0.3, 0.4) is 0 Å². The zero-order valence-corrected chi connectivity index (χ0v) is 11.4. The van der Waals surface area contributed by atoms with Crippen LogP contribution in [0, 0.1) is 0 Å². The van der Waals surface area contributed by atoms with Crippen LogP contribution in [0.5, 0.6) is 5.75 Å². The number of hydrogen-bond donors (Lipinski definition) is 2. The zero-order chi connectivity index (χ0) is 14.4. The molecule has 0 radical (unpaired) electrons. The van der Waals surface area contributed by atoms with E-state index in [1.165, 1.54) is 0 Å². The normalized spacial score (nSPS) is 10.8. The molecule has 0 aliphatic carbocycles. The van der Waals surface area contributed by atoms with Crippen LogP contribution in [-0.4, -0.2) is 32.1 Å². The summed E-state index contributed by atoms with van der Waals surface area (Å²) in [7, 11) is 5.23. The van der Waals surface area contributed by atoms with E-state index in [9.17, 15) is 4.79 Å². The Labute approximate surface area is 113 Å². The Kier molecular flexibility index (Phi) is 5.00. The summed E-state index contributed by atoms with van der Waals surface area (Å²) in [6.45, 7) is 3.97. The lowest BCUT2D eigenvalue weighted by atomic mass is 10.1. The van der Waals surface area contributed by atoms with Gasteiger partial charge in [0.15, 0.2) is 0 Å². The third-order valence-electron chi connectivity index (χ3n) is 2.50. The number of carbonyl (C=O) groups excluding carboxylic acids is 1. The van der Waals surface area contributed by atoms with Gasteiger partial charge in [0.05, 0.1) is 7.11 Å². The molecule has 2 amide bonds. The molecule has 5 heteroatoms. The van der Waals surface area contributed by atoms with Gasteiger partial charge in [-0.15, -0.1) is 0 Å². The van der Waals surface area contributed by atoms with Gasteiger partial charge < -0.3 is 15.4 Å². The highest BCUT2D eigenvalue weighted by Crippen LogP contribution is 2.19. The number of allylic oxidation sites excluding steroid dienone is 2. The van der Waals surface area contributed by atoms with Crippen molar-refractivity contribution in [3.63, 3.8) is 0 Å². The smallest absolute Gasteiger partial charge is 0.317 e. The average Bonchev–Trinajstić information content (AvgIpc) is 2.37. The van der Waals surface area contributed by atoms with E-state index in [0.717, 1.165) is 16.9 Å². The average molecular weight is 261 g/mol. The van der Waals surface area contributed by atoms with Crippen molar-refractivity contribution in [2.24, 2.45) is 5.73 Å². The van der Waals surface area contributed by atoms with E-state index in [1.807, 2.05) is 38.4 Å². The second-order valence-electron chi connectivity index (χ2n) is 4.17. The Morgan fingerprint density at radius 3 is 2.37 bits per heavy atom. The fourth-order valence-electron chi connectivity index (χ4n) is 1.46. The molecule has 102 valence electrons. The molecule has 0 atom stereocenters. The predicted molar refractivity (Wildman–Crippen MR) is 76.5 cm³/mol. The standard InChI is InChI=1S/C14H19N3O2/c1-10(9-13(17(2)3)16-14(15)18)11-5-7-12(19-4)8-6-11/h5-9H,1H2,2-4H3,(H3,15,16,18)/b13-9-. The molecule has 1 aromatic carbocycles. The number of amides is 2. The molecule has 0 unspecified atom stereocenters. The van der Waals surface area contributed by atoms with E-state index < -0.39 is 6.03 Å². The zero-order valence-electron chi connectivity index (χ0n) is 11.4. The molecule has 1 aromatic rings. The van der Waals surface area contributed by atoms with Crippen molar-refractivity contribution in [1.29, 1.82) is 0 Å². The van der Waals surface area contributed by atoms with Gasteiger partial charge in [-0.05, 0) is 29.3 Å². The van der Waals surface area contributed by atoms with E-state index in [4.69, 9.17) is 10.5 Å². The van der Waals surface area contributed by atoms with Gasteiger partial charge in [-0.25, -0.2) is 4.79 Å². The lowest BCUT2D eigenvalue weighted by Gasteiger charge is -2.17. The number of primary amides is 1. The fraction of sp³-hybridized carbons (Fsp3) is 0.214. The summed E-state index contributed by atoms with van der Waals surface area (Å²) in [6.07, 6.45) is 1.76. The van der Waals surface area contributed by atoms with E-state index in [1.54, 1.807) is 18.1 Å². The molecule has 0 aromatic heterocycles. The molecule has 0 saturated carbocycles. The minimum absolute atomic E-state index is 0.577. The number of nitrogens with two attached hydrogens (primary N) is 1. The molecule has 0 bridgehead atoms. The van der Waals surface area contributed by atoms with Gasteiger partial charge in [-0.2, -0.15) is 0 Å². The minimum atomic E-state index is -0.609. The number of nitrogens with one attached hydrogen (secondary N) is 1. The Hall–Kier alpha value is -2.43. The van der Waals surface area contributed by atoms with Crippen molar-refractivity contribution in [3.05, 3.63) is 48.3 Å². The quantitative estimate of drug-likeness (QED) is 0.794. The molecular formula is C14H19N3O2. The van der Waals surface area contributed by atoms with E-state index in [-0.39, 0.29) is 0 Å². The topological polar surface area (TPSA) is 67.6 Å². The third kappa shape index (κ3) is 4.39. The predicted octanol–water partition coefficient (Wildman–Crippen LogP) is 1.78. The van der Waals surface area contributed by atoms with Crippen molar-refractivity contribution in [1.82, 2.24) is 10.2 Å². The number of carbonyl (C=O) groups is 1. The van der Waals surface area contributed by atoms with Gasteiger partial charge in [0.1, 0.15) is 11.6 Å². The minimum Gasteiger partial charge on any atom is -0.497 e. The monoisotopic (exact) mass is 261 g/mol. The highest BCUT2D eigenvalue weighted by molar-refractivity contribution is 5.77. The van der Waals surface area contributed by atoms with Crippen LogP contribution in [0.2, 0.25) is 0 Å². The van der Waals surface area contributed by atoms with Crippen LogP contribution in [0.1, 0.15) is 5.56 Å². The summed E-state index contributed by atoms with van der Waals surface area (Å²) >= 11 is 0. The number of methoxy groups -OCH3 is 1. The summed E-state index contributed by atoms with van der Waals surface area (Å²) in [5.41, 5.74) is 6.82.